The lowest BCUT2D eigenvalue weighted by molar-refractivity contribution is -0.124. The Balaban J connectivity index is 3.61. The van der Waals surface area contributed by atoms with Gasteiger partial charge in [-0.3, -0.25) is 4.79 Å². The van der Waals surface area contributed by atoms with E-state index in [9.17, 15) is 20.1 Å². The molecule has 1 amide bonds. The maximum atomic E-state index is 12.3. The lowest BCUT2D eigenvalue weighted by Gasteiger charge is -2.26. The van der Waals surface area contributed by atoms with Gasteiger partial charge in [-0.05, 0) is 12.8 Å². The second kappa shape index (κ2) is 35.2. The number of hydrogen-bond acceptors (Lipinski definition) is 4. The van der Waals surface area contributed by atoms with E-state index in [0.717, 1.165) is 32.1 Å². The number of carbonyl (C=O) groups is 1. The third-order valence-corrected chi connectivity index (χ3v) is 9.46. The maximum Gasteiger partial charge on any atom is 0.220 e. The summed E-state index contributed by atoms with van der Waals surface area (Å²) < 4.78 is 0. The van der Waals surface area contributed by atoms with Crippen molar-refractivity contribution in [3.05, 3.63) is 0 Å². The Hall–Kier alpha value is -0.650. The zero-order valence-corrected chi connectivity index (χ0v) is 29.8. The van der Waals surface area contributed by atoms with Crippen LogP contribution in [-0.2, 0) is 4.79 Å². The highest BCUT2D eigenvalue weighted by Crippen LogP contribution is 2.16. The molecular formula is C39H79NO4. The van der Waals surface area contributed by atoms with Crippen LogP contribution in [0.1, 0.15) is 219 Å². The molecule has 0 saturated carbocycles. The van der Waals surface area contributed by atoms with Gasteiger partial charge in [-0.15, -0.1) is 0 Å². The van der Waals surface area contributed by atoms with Gasteiger partial charge in [-0.2, -0.15) is 0 Å². The molecule has 4 N–H and O–H groups in total. The Kier molecular flexibility index (Phi) is 34.7. The van der Waals surface area contributed by atoms with E-state index in [1.54, 1.807) is 0 Å². The molecule has 264 valence electrons. The van der Waals surface area contributed by atoms with Crippen LogP contribution in [0.4, 0.5) is 0 Å². The summed E-state index contributed by atoms with van der Waals surface area (Å²) in [7, 11) is 0. The molecule has 0 aromatic rings. The summed E-state index contributed by atoms with van der Waals surface area (Å²) in [6.07, 6.45) is 37.7. The second-order valence-electron chi connectivity index (χ2n) is 13.9. The number of nitrogens with one attached hydrogen (secondary N) is 1. The number of aliphatic hydroxyl groups excluding tert-OH is 3. The van der Waals surface area contributed by atoms with E-state index in [2.05, 4.69) is 19.2 Å². The van der Waals surface area contributed by atoms with Gasteiger partial charge in [-0.25, -0.2) is 0 Å². The molecule has 0 aliphatic heterocycles. The zero-order chi connectivity index (χ0) is 32.4. The van der Waals surface area contributed by atoms with Crippen LogP contribution in [0.2, 0.25) is 0 Å². The van der Waals surface area contributed by atoms with E-state index in [1.165, 1.54) is 161 Å². The third-order valence-electron chi connectivity index (χ3n) is 9.46. The molecule has 0 spiro atoms. The minimum atomic E-state index is -1.13. The van der Waals surface area contributed by atoms with Crippen molar-refractivity contribution in [2.24, 2.45) is 0 Å². The molecule has 0 aromatic heterocycles. The van der Waals surface area contributed by atoms with Crippen LogP contribution in [-0.4, -0.2) is 46.1 Å². The predicted octanol–water partition coefficient (Wildman–Crippen LogP) is 10.7. The summed E-state index contributed by atoms with van der Waals surface area (Å²) >= 11 is 0. The van der Waals surface area contributed by atoms with Gasteiger partial charge in [0, 0.05) is 6.42 Å². The smallest absolute Gasteiger partial charge is 0.220 e. The summed E-state index contributed by atoms with van der Waals surface area (Å²) in [5.41, 5.74) is 0. The number of rotatable bonds is 36. The lowest BCUT2D eigenvalue weighted by atomic mass is 9.99. The highest BCUT2D eigenvalue weighted by atomic mass is 16.3. The maximum absolute atomic E-state index is 12.3. The number of carbonyl (C=O) groups excluding carboxylic acids is 1. The molecule has 0 aliphatic carbocycles. The molecule has 5 nitrogen and oxygen atoms in total. The number of unbranched alkanes of at least 4 members (excludes halogenated alkanes) is 28. The predicted molar refractivity (Wildman–Crippen MR) is 190 cm³/mol. The second-order valence-corrected chi connectivity index (χ2v) is 13.9. The fraction of sp³-hybridized carbons (Fsp3) is 0.974. The van der Waals surface area contributed by atoms with Gasteiger partial charge < -0.3 is 20.6 Å². The van der Waals surface area contributed by atoms with Gasteiger partial charge >= 0.3 is 0 Å². The molecular weight excluding hydrogens is 546 g/mol. The Labute approximate surface area is 275 Å². The molecule has 0 fully saturated rings. The Morgan fingerprint density at radius 2 is 0.773 bits per heavy atom. The Morgan fingerprint density at radius 3 is 1.09 bits per heavy atom. The van der Waals surface area contributed by atoms with Crippen molar-refractivity contribution in [3.63, 3.8) is 0 Å². The molecule has 0 aromatic carbocycles. The Bertz CT molecular complexity index is 572. The van der Waals surface area contributed by atoms with Crippen LogP contribution >= 0.6 is 0 Å². The van der Waals surface area contributed by atoms with E-state index in [1.807, 2.05) is 0 Å². The molecule has 0 radical (unpaired) electrons. The first kappa shape index (κ1) is 43.4. The molecule has 0 bridgehead atoms. The van der Waals surface area contributed by atoms with Gasteiger partial charge in [-0.1, -0.05) is 200 Å². The van der Waals surface area contributed by atoms with Gasteiger partial charge in [0.2, 0.25) is 5.91 Å². The van der Waals surface area contributed by atoms with E-state index >= 15 is 0 Å². The zero-order valence-electron chi connectivity index (χ0n) is 29.8. The summed E-state index contributed by atoms with van der Waals surface area (Å²) in [4.78, 5) is 12.3. The average Bonchev–Trinajstić information content (AvgIpc) is 3.03. The van der Waals surface area contributed by atoms with Crippen molar-refractivity contribution in [1.82, 2.24) is 5.32 Å². The lowest BCUT2D eigenvalue weighted by Crippen LogP contribution is -2.50. The third kappa shape index (κ3) is 30.0. The molecule has 0 heterocycles. The van der Waals surface area contributed by atoms with Crippen molar-refractivity contribution in [3.8, 4) is 0 Å². The van der Waals surface area contributed by atoms with E-state index < -0.39 is 18.2 Å². The Morgan fingerprint density at radius 1 is 0.477 bits per heavy atom. The molecule has 3 unspecified atom stereocenters. The van der Waals surface area contributed by atoms with Crippen LogP contribution in [0.15, 0.2) is 0 Å². The van der Waals surface area contributed by atoms with Gasteiger partial charge in [0.05, 0.1) is 18.8 Å². The quantitative estimate of drug-likeness (QED) is 0.0521. The van der Waals surface area contributed by atoms with Crippen molar-refractivity contribution >= 4 is 5.91 Å². The summed E-state index contributed by atoms with van der Waals surface area (Å²) in [6, 6.07) is -0.801. The molecule has 5 heteroatoms. The van der Waals surface area contributed by atoms with E-state index in [0.29, 0.717) is 12.8 Å². The molecule has 0 rings (SSSR count). The van der Waals surface area contributed by atoms with Crippen molar-refractivity contribution in [2.45, 2.75) is 238 Å². The largest absolute Gasteiger partial charge is 0.394 e. The van der Waals surface area contributed by atoms with E-state index in [4.69, 9.17) is 0 Å². The van der Waals surface area contributed by atoms with Crippen LogP contribution in [0.25, 0.3) is 0 Å². The summed E-state index contributed by atoms with van der Waals surface area (Å²) in [5.74, 6) is -0.143. The van der Waals surface area contributed by atoms with Crippen molar-refractivity contribution in [2.75, 3.05) is 6.61 Å². The topological polar surface area (TPSA) is 89.8 Å². The molecule has 3 atom stereocenters. The van der Waals surface area contributed by atoms with Crippen LogP contribution < -0.4 is 5.32 Å². The van der Waals surface area contributed by atoms with Gasteiger partial charge in [0.15, 0.2) is 0 Å². The first-order valence-electron chi connectivity index (χ1n) is 19.8. The first-order chi connectivity index (χ1) is 21.6. The molecule has 0 aliphatic rings. The van der Waals surface area contributed by atoms with Gasteiger partial charge in [0.1, 0.15) is 6.10 Å². The standard InChI is InChI=1S/C39H79NO4/c1-3-5-7-9-11-13-15-17-18-19-20-21-22-23-25-27-29-31-33-37(42)39(44)36(35-41)40-38(43)34-32-30-28-26-24-16-14-12-10-8-6-4-2/h36-37,39,41-42,44H,3-35H2,1-2H3,(H,40,43). The monoisotopic (exact) mass is 626 g/mol. The number of hydrogen-bond donors (Lipinski definition) is 4. The van der Waals surface area contributed by atoms with Crippen molar-refractivity contribution in [1.29, 1.82) is 0 Å². The summed E-state index contributed by atoms with van der Waals surface area (Å²) in [5, 5.41) is 33.4. The number of aliphatic hydroxyl groups is 3. The fourth-order valence-corrected chi connectivity index (χ4v) is 6.34. The minimum absolute atomic E-state index is 0.143. The summed E-state index contributed by atoms with van der Waals surface area (Å²) in [6.45, 7) is 4.18. The number of amides is 1. The van der Waals surface area contributed by atoms with Gasteiger partial charge in [0.25, 0.3) is 0 Å². The average molecular weight is 626 g/mol. The van der Waals surface area contributed by atoms with Crippen LogP contribution in [0, 0.1) is 0 Å². The first-order valence-corrected chi connectivity index (χ1v) is 19.8. The van der Waals surface area contributed by atoms with E-state index in [-0.39, 0.29) is 12.5 Å². The van der Waals surface area contributed by atoms with Crippen LogP contribution in [0.5, 0.6) is 0 Å². The highest BCUT2D eigenvalue weighted by molar-refractivity contribution is 5.76. The minimum Gasteiger partial charge on any atom is -0.394 e. The highest BCUT2D eigenvalue weighted by Gasteiger charge is 2.26. The SMILES string of the molecule is CCCCCCCCCCCCCCCCCCCCC(O)C(O)C(CO)NC(=O)CCCCCCCCCCCCCC. The molecule has 44 heavy (non-hydrogen) atoms. The van der Waals surface area contributed by atoms with Crippen LogP contribution in [0.3, 0.4) is 0 Å². The van der Waals surface area contributed by atoms with Crippen molar-refractivity contribution < 1.29 is 20.1 Å². The normalized spacial score (nSPS) is 13.7. The fourth-order valence-electron chi connectivity index (χ4n) is 6.34. The molecule has 0 saturated heterocycles.